The number of carbonyl (C=O) groups is 3. The zero-order chi connectivity index (χ0) is 24.7. The monoisotopic (exact) mass is 500 g/mol. The van der Waals surface area contributed by atoms with Crippen LogP contribution in [0.15, 0.2) is 42.5 Å². The topological polar surface area (TPSA) is 96.4 Å². The lowest BCUT2D eigenvalue weighted by Gasteiger charge is -2.35. The molecule has 1 N–H and O–H groups in total. The molecule has 2 amide bonds. The largest absolute Gasteiger partial charge is 0.465 e. The number of halogens is 1. The van der Waals surface area contributed by atoms with Crippen molar-refractivity contribution in [2.75, 3.05) is 31.2 Å². The molecular weight excluding hydrogens is 472 g/mol. The molecule has 4 aliphatic rings. The summed E-state index contributed by atoms with van der Waals surface area (Å²) in [5.41, 5.74) is 0.0826. The van der Waals surface area contributed by atoms with Crippen LogP contribution >= 0.6 is 11.6 Å². The molecule has 186 valence electrons. The number of fused-ring (bicyclic) bond motifs is 2. The first-order valence-corrected chi connectivity index (χ1v) is 12.4. The number of aliphatic hydroxyl groups excluding tert-OH is 1. The number of hydrogen-bond acceptors (Lipinski definition) is 6. The number of para-hydroxylation sites is 1. The van der Waals surface area contributed by atoms with E-state index >= 15 is 0 Å². The summed E-state index contributed by atoms with van der Waals surface area (Å²) < 4.78 is 12.0. The fraction of sp³-hybridized carbons (Fsp3) is 0.500. The molecule has 0 bridgehead atoms. The molecule has 1 aromatic carbocycles. The summed E-state index contributed by atoms with van der Waals surface area (Å²) in [4.78, 5) is 44.3. The Kier molecular flexibility index (Phi) is 6.46. The van der Waals surface area contributed by atoms with Crippen LogP contribution in [0.4, 0.5) is 5.69 Å². The van der Waals surface area contributed by atoms with Gasteiger partial charge in [-0.15, -0.1) is 0 Å². The van der Waals surface area contributed by atoms with Gasteiger partial charge in [0.25, 0.3) is 5.91 Å². The van der Waals surface area contributed by atoms with Crippen LogP contribution in [0, 0.1) is 18.8 Å². The third kappa shape index (κ3) is 3.79. The molecule has 0 saturated carbocycles. The quantitative estimate of drug-likeness (QED) is 0.504. The van der Waals surface area contributed by atoms with Gasteiger partial charge in [-0.1, -0.05) is 48.0 Å². The first-order valence-electron chi connectivity index (χ1n) is 12.1. The minimum atomic E-state index is -1.33. The van der Waals surface area contributed by atoms with Gasteiger partial charge in [0.15, 0.2) is 0 Å². The number of rotatable bonds is 4. The maximum absolute atomic E-state index is 14.2. The molecule has 0 aliphatic carbocycles. The third-order valence-electron chi connectivity index (χ3n) is 7.37. The molecule has 35 heavy (non-hydrogen) atoms. The standard InChI is InChI=1S/C26H29ClN2O6/c1-16-8-5-9-17(27)21(16)28-12-6-11-26-20(23(31)29(13-7-14-30)22(26)24(28)32)19-18(35-26)10-3-2-4-15-34-25(19)33/h3,5-6,8-11,18-20,22,30H,2,4,7,12-15H2,1H3/b10-3-/t18-,19+,20+,22?,26+/m1/s1. The van der Waals surface area contributed by atoms with Crippen molar-refractivity contribution in [3.05, 3.63) is 53.1 Å². The number of carbonyl (C=O) groups excluding carboxylic acids is 3. The van der Waals surface area contributed by atoms with Crippen LogP contribution in [-0.2, 0) is 23.9 Å². The Labute approximate surface area is 209 Å². The van der Waals surface area contributed by atoms with E-state index in [0.29, 0.717) is 23.6 Å². The van der Waals surface area contributed by atoms with E-state index in [-0.39, 0.29) is 38.1 Å². The van der Waals surface area contributed by atoms with Crippen molar-refractivity contribution in [3.63, 3.8) is 0 Å². The molecule has 5 rings (SSSR count). The molecule has 5 atom stereocenters. The number of allylic oxidation sites excluding steroid dienone is 1. The number of benzene rings is 1. The van der Waals surface area contributed by atoms with Crippen LogP contribution in [0.1, 0.15) is 24.8 Å². The van der Waals surface area contributed by atoms with Gasteiger partial charge in [0, 0.05) is 19.7 Å². The Balaban J connectivity index is 1.63. The number of cyclic esters (lactones) is 1. The summed E-state index contributed by atoms with van der Waals surface area (Å²) in [6.45, 7) is 2.42. The average Bonchev–Trinajstić information content (AvgIpc) is 3.23. The first-order chi connectivity index (χ1) is 16.9. The highest BCUT2D eigenvalue weighted by Gasteiger charge is 2.71. The highest BCUT2D eigenvalue weighted by molar-refractivity contribution is 6.34. The predicted octanol–water partition coefficient (Wildman–Crippen LogP) is 2.41. The number of hydrogen-bond donors (Lipinski definition) is 1. The molecule has 0 radical (unpaired) electrons. The molecule has 8 nitrogen and oxygen atoms in total. The molecule has 1 spiro atoms. The highest BCUT2D eigenvalue weighted by atomic mass is 35.5. The molecule has 4 aliphatic heterocycles. The van der Waals surface area contributed by atoms with Gasteiger partial charge in [0.2, 0.25) is 5.91 Å². The minimum Gasteiger partial charge on any atom is -0.465 e. The van der Waals surface area contributed by atoms with Crippen molar-refractivity contribution < 1.29 is 29.0 Å². The summed E-state index contributed by atoms with van der Waals surface area (Å²) in [6.07, 6.45) is 8.41. The van der Waals surface area contributed by atoms with E-state index in [4.69, 9.17) is 21.1 Å². The van der Waals surface area contributed by atoms with Crippen LogP contribution in [0.25, 0.3) is 0 Å². The number of likely N-dealkylation sites (tertiary alicyclic amines) is 1. The van der Waals surface area contributed by atoms with Gasteiger partial charge in [0.05, 0.1) is 29.3 Å². The molecule has 4 heterocycles. The Morgan fingerprint density at radius 3 is 2.80 bits per heavy atom. The van der Waals surface area contributed by atoms with Crippen LogP contribution < -0.4 is 4.90 Å². The van der Waals surface area contributed by atoms with E-state index in [1.807, 2.05) is 37.3 Å². The van der Waals surface area contributed by atoms with Crippen molar-refractivity contribution in [1.82, 2.24) is 4.90 Å². The zero-order valence-electron chi connectivity index (χ0n) is 19.6. The fourth-order valence-corrected chi connectivity index (χ4v) is 6.22. The van der Waals surface area contributed by atoms with Crippen molar-refractivity contribution in [2.45, 2.75) is 43.9 Å². The van der Waals surface area contributed by atoms with E-state index in [0.717, 1.165) is 12.0 Å². The van der Waals surface area contributed by atoms with Gasteiger partial charge in [-0.2, -0.15) is 0 Å². The second-order valence-corrected chi connectivity index (χ2v) is 9.85. The lowest BCUT2D eigenvalue weighted by atomic mass is 9.78. The maximum atomic E-state index is 14.2. The smallest absolute Gasteiger partial charge is 0.312 e. The number of nitrogens with zero attached hydrogens (tertiary/aromatic N) is 2. The van der Waals surface area contributed by atoms with Crippen molar-refractivity contribution in [1.29, 1.82) is 0 Å². The molecule has 2 saturated heterocycles. The lowest BCUT2D eigenvalue weighted by molar-refractivity contribution is -0.154. The van der Waals surface area contributed by atoms with E-state index < -0.39 is 35.6 Å². The van der Waals surface area contributed by atoms with E-state index in [1.165, 1.54) is 4.90 Å². The number of aliphatic hydroxyl groups is 1. The summed E-state index contributed by atoms with van der Waals surface area (Å²) in [5, 5.41) is 9.92. The maximum Gasteiger partial charge on any atom is 0.312 e. The van der Waals surface area contributed by atoms with Crippen molar-refractivity contribution in [2.24, 2.45) is 11.8 Å². The highest BCUT2D eigenvalue weighted by Crippen LogP contribution is 2.53. The second kappa shape index (κ2) is 9.41. The fourth-order valence-electron chi connectivity index (χ4n) is 5.90. The van der Waals surface area contributed by atoms with Gasteiger partial charge >= 0.3 is 5.97 Å². The Bertz CT molecular complexity index is 1080. The Morgan fingerprint density at radius 1 is 1.20 bits per heavy atom. The van der Waals surface area contributed by atoms with Gasteiger partial charge in [-0.25, -0.2) is 0 Å². The number of esters is 1. The Morgan fingerprint density at radius 2 is 2.03 bits per heavy atom. The SMILES string of the molecule is Cc1cccc(Cl)c1N1CC=C[C@]23O[C@@H]4/C=C\CCCOC(=O)[C@@H]4[C@H]2C(=O)N(CCCO)C3C1=O. The van der Waals surface area contributed by atoms with Crippen LogP contribution in [0.5, 0.6) is 0 Å². The molecule has 1 aromatic rings. The van der Waals surface area contributed by atoms with Crippen LogP contribution in [-0.4, -0.2) is 71.8 Å². The zero-order valence-corrected chi connectivity index (χ0v) is 20.3. The third-order valence-corrected chi connectivity index (χ3v) is 7.67. The average molecular weight is 501 g/mol. The van der Waals surface area contributed by atoms with Crippen LogP contribution in [0.2, 0.25) is 5.02 Å². The first kappa shape index (κ1) is 24.0. The Hall–Kier alpha value is -2.68. The summed E-state index contributed by atoms with van der Waals surface area (Å²) in [5.74, 6) is -2.91. The molecule has 0 aromatic heterocycles. The second-order valence-electron chi connectivity index (χ2n) is 9.45. The van der Waals surface area contributed by atoms with Gasteiger partial charge in [0.1, 0.15) is 17.6 Å². The number of aryl methyl sites for hydroxylation is 1. The summed E-state index contributed by atoms with van der Waals surface area (Å²) in [6, 6.07) is 4.42. The number of amides is 2. The summed E-state index contributed by atoms with van der Waals surface area (Å²) >= 11 is 6.52. The van der Waals surface area contributed by atoms with Gasteiger partial charge in [-0.3, -0.25) is 14.4 Å². The van der Waals surface area contributed by atoms with Gasteiger partial charge in [-0.05, 0) is 37.8 Å². The summed E-state index contributed by atoms with van der Waals surface area (Å²) in [7, 11) is 0. The number of anilines is 1. The lowest BCUT2D eigenvalue weighted by Crippen LogP contribution is -2.55. The van der Waals surface area contributed by atoms with E-state index in [2.05, 4.69) is 0 Å². The van der Waals surface area contributed by atoms with E-state index in [1.54, 1.807) is 17.0 Å². The molecule has 9 heteroatoms. The predicted molar refractivity (Wildman–Crippen MR) is 129 cm³/mol. The normalized spacial score (nSPS) is 33.3. The van der Waals surface area contributed by atoms with Crippen molar-refractivity contribution >= 4 is 35.1 Å². The van der Waals surface area contributed by atoms with Crippen molar-refractivity contribution in [3.8, 4) is 0 Å². The molecular formula is C26H29ClN2O6. The van der Waals surface area contributed by atoms with Crippen LogP contribution in [0.3, 0.4) is 0 Å². The molecule has 2 fully saturated rings. The minimum absolute atomic E-state index is 0.136. The molecule has 1 unspecified atom stereocenters. The van der Waals surface area contributed by atoms with E-state index in [9.17, 15) is 19.5 Å². The number of ether oxygens (including phenoxy) is 2. The van der Waals surface area contributed by atoms with Gasteiger partial charge < -0.3 is 24.4 Å².